The molecule has 0 fully saturated rings. The zero-order chi connectivity index (χ0) is 15.2. The van der Waals surface area contributed by atoms with Crippen molar-refractivity contribution in [1.82, 2.24) is 0 Å². The van der Waals surface area contributed by atoms with Crippen molar-refractivity contribution in [2.75, 3.05) is 25.0 Å². The maximum Gasteiger partial charge on any atom is 0.149 e. The Labute approximate surface area is 124 Å². The third kappa shape index (κ3) is 4.02. The Balaban J connectivity index is 2.10. The highest BCUT2D eigenvalue weighted by atomic mass is 19.1. The van der Waals surface area contributed by atoms with Gasteiger partial charge in [0.2, 0.25) is 0 Å². The molecule has 4 heteroatoms. The summed E-state index contributed by atoms with van der Waals surface area (Å²) in [6.07, 6.45) is 1.21. The number of hydrogen-bond acceptors (Lipinski definition) is 2. The summed E-state index contributed by atoms with van der Waals surface area (Å²) in [5, 5.41) is 0. The number of benzene rings is 2. The lowest BCUT2D eigenvalue weighted by Gasteiger charge is -2.21. The summed E-state index contributed by atoms with van der Waals surface area (Å²) in [5.41, 5.74) is 7.17. The first-order chi connectivity index (χ1) is 10.1. The molecule has 2 rings (SSSR count). The predicted molar refractivity (Wildman–Crippen MR) is 82.5 cm³/mol. The van der Waals surface area contributed by atoms with Crippen molar-refractivity contribution in [2.45, 2.75) is 12.8 Å². The van der Waals surface area contributed by atoms with Crippen LogP contribution in [0.4, 0.5) is 14.5 Å². The lowest BCUT2D eigenvalue weighted by Crippen LogP contribution is -2.23. The van der Waals surface area contributed by atoms with Gasteiger partial charge in [-0.2, -0.15) is 0 Å². The second-order valence-corrected chi connectivity index (χ2v) is 5.10. The summed E-state index contributed by atoms with van der Waals surface area (Å²) in [4.78, 5) is 1.61. The Morgan fingerprint density at radius 1 is 0.952 bits per heavy atom. The van der Waals surface area contributed by atoms with E-state index in [-0.39, 0.29) is 5.69 Å². The van der Waals surface area contributed by atoms with E-state index in [1.54, 1.807) is 11.9 Å². The third-order valence-corrected chi connectivity index (χ3v) is 3.47. The molecule has 0 amide bonds. The molecule has 0 unspecified atom stereocenters. The number of nitrogens with two attached hydrogens (primary N) is 1. The van der Waals surface area contributed by atoms with Crippen LogP contribution in [0.15, 0.2) is 42.5 Å². The Kier molecular flexibility index (Phi) is 5.28. The zero-order valence-corrected chi connectivity index (χ0v) is 12.2. The van der Waals surface area contributed by atoms with Crippen molar-refractivity contribution >= 4 is 5.69 Å². The highest BCUT2D eigenvalue weighted by molar-refractivity contribution is 5.50. The molecule has 0 heterocycles. The number of likely N-dealkylation sites (N-methyl/N-ethyl adjacent to an activating group) is 1. The minimum Gasteiger partial charge on any atom is -0.370 e. The van der Waals surface area contributed by atoms with Gasteiger partial charge in [0.1, 0.15) is 17.3 Å². The molecule has 0 spiro atoms. The molecule has 0 atom stereocenters. The zero-order valence-electron chi connectivity index (χ0n) is 12.2. The standard InChI is InChI=1S/C17H20F2N2/c1-21(10-8-13-5-3-2-4-6-13)17-15(18)11-14(7-9-20)12-16(17)19/h2-6,11-12H,7-10,20H2,1H3. The average molecular weight is 290 g/mol. The van der Waals surface area contributed by atoms with E-state index >= 15 is 0 Å². The number of halogens is 2. The van der Waals surface area contributed by atoms with Gasteiger partial charge in [0.25, 0.3) is 0 Å². The highest BCUT2D eigenvalue weighted by Gasteiger charge is 2.15. The van der Waals surface area contributed by atoms with Crippen molar-refractivity contribution in [2.24, 2.45) is 5.73 Å². The van der Waals surface area contributed by atoms with Gasteiger partial charge in [-0.15, -0.1) is 0 Å². The fraction of sp³-hybridized carbons (Fsp3) is 0.294. The molecule has 0 radical (unpaired) electrons. The molecule has 0 aliphatic carbocycles. The number of hydrogen-bond donors (Lipinski definition) is 1. The van der Waals surface area contributed by atoms with Crippen LogP contribution in [0.25, 0.3) is 0 Å². The molecular formula is C17H20F2N2. The van der Waals surface area contributed by atoms with Gasteiger partial charge in [0.05, 0.1) is 0 Å². The number of anilines is 1. The van der Waals surface area contributed by atoms with E-state index in [1.165, 1.54) is 12.1 Å². The summed E-state index contributed by atoms with van der Waals surface area (Å²) in [5.74, 6) is -1.07. The second-order valence-electron chi connectivity index (χ2n) is 5.10. The minimum atomic E-state index is -0.533. The molecule has 2 aromatic rings. The van der Waals surface area contributed by atoms with Gasteiger partial charge in [-0.3, -0.25) is 0 Å². The van der Waals surface area contributed by atoms with E-state index < -0.39 is 11.6 Å². The largest absolute Gasteiger partial charge is 0.370 e. The molecule has 2 nitrogen and oxygen atoms in total. The van der Waals surface area contributed by atoms with Crippen LogP contribution in [-0.2, 0) is 12.8 Å². The lowest BCUT2D eigenvalue weighted by molar-refractivity contribution is 0.573. The van der Waals surface area contributed by atoms with Crippen LogP contribution < -0.4 is 10.6 Å². The Hall–Kier alpha value is -1.94. The van der Waals surface area contributed by atoms with Gasteiger partial charge in [-0.25, -0.2) is 8.78 Å². The number of nitrogens with zero attached hydrogens (tertiary/aromatic N) is 1. The fourth-order valence-electron chi connectivity index (χ4n) is 2.35. The van der Waals surface area contributed by atoms with Crippen molar-refractivity contribution in [1.29, 1.82) is 0 Å². The van der Waals surface area contributed by atoms with E-state index in [0.717, 1.165) is 12.0 Å². The molecule has 112 valence electrons. The molecule has 0 aromatic heterocycles. The Morgan fingerprint density at radius 2 is 1.57 bits per heavy atom. The SMILES string of the molecule is CN(CCc1ccccc1)c1c(F)cc(CCN)cc1F. The molecule has 0 bridgehead atoms. The van der Waals surface area contributed by atoms with E-state index in [9.17, 15) is 8.78 Å². The van der Waals surface area contributed by atoms with Crippen LogP contribution >= 0.6 is 0 Å². The molecule has 2 aromatic carbocycles. The first-order valence-electron chi connectivity index (χ1n) is 7.05. The monoisotopic (exact) mass is 290 g/mol. The van der Waals surface area contributed by atoms with Crippen molar-refractivity contribution in [3.05, 3.63) is 65.2 Å². The lowest BCUT2D eigenvalue weighted by atomic mass is 10.1. The van der Waals surface area contributed by atoms with Gasteiger partial charge in [-0.1, -0.05) is 30.3 Å². The smallest absolute Gasteiger partial charge is 0.149 e. The van der Waals surface area contributed by atoms with Gasteiger partial charge in [0.15, 0.2) is 0 Å². The van der Waals surface area contributed by atoms with Crippen LogP contribution in [0.5, 0.6) is 0 Å². The van der Waals surface area contributed by atoms with Gasteiger partial charge in [-0.05, 0) is 42.6 Å². The van der Waals surface area contributed by atoms with Gasteiger partial charge in [0, 0.05) is 13.6 Å². The summed E-state index contributed by atoms with van der Waals surface area (Å²) < 4.78 is 28.2. The average Bonchev–Trinajstić information content (AvgIpc) is 2.46. The molecule has 0 aliphatic rings. The Morgan fingerprint density at radius 3 is 2.14 bits per heavy atom. The number of rotatable bonds is 6. The molecular weight excluding hydrogens is 270 g/mol. The normalized spacial score (nSPS) is 10.7. The first-order valence-corrected chi connectivity index (χ1v) is 7.05. The third-order valence-electron chi connectivity index (χ3n) is 3.47. The molecule has 0 saturated carbocycles. The molecule has 0 saturated heterocycles. The van der Waals surface area contributed by atoms with Crippen LogP contribution in [0.2, 0.25) is 0 Å². The molecule has 21 heavy (non-hydrogen) atoms. The quantitative estimate of drug-likeness (QED) is 0.885. The first kappa shape index (κ1) is 15.4. The maximum absolute atomic E-state index is 14.1. The predicted octanol–water partition coefficient (Wildman–Crippen LogP) is 3.14. The summed E-state index contributed by atoms with van der Waals surface area (Å²) in [6.45, 7) is 0.927. The molecule has 0 aliphatic heterocycles. The Bertz CT molecular complexity index is 562. The van der Waals surface area contributed by atoms with Crippen LogP contribution in [0.1, 0.15) is 11.1 Å². The topological polar surface area (TPSA) is 29.3 Å². The van der Waals surface area contributed by atoms with Crippen LogP contribution in [0, 0.1) is 11.6 Å². The summed E-state index contributed by atoms with van der Waals surface area (Å²) >= 11 is 0. The van der Waals surface area contributed by atoms with Gasteiger partial charge < -0.3 is 10.6 Å². The van der Waals surface area contributed by atoms with Crippen molar-refractivity contribution in [3.8, 4) is 0 Å². The fourth-order valence-corrected chi connectivity index (χ4v) is 2.35. The maximum atomic E-state index is 14.1. The van der Waals surface area contributed by atoms with Crippen LogP contribution in [-0.4, -0.2) is 20.1 Å². The van der Waals surface area contributed by atoms with E-state index in [2.05, 4.69) is 0 Å². The second kappa shape index (κ2) is 7.18. The van der Waals surface area contributed by atoms with Crippen molar-refractivity contribution < 1.29 is 8.78 Å². The van der Waals surface area contributed by atoms with Gasteiger partial charge >= 0.3 is 0 Å². The molecule has 2 N–H and O–H groups in total. The summed E-state index contributed by atoms with van der Waals surface area (Å²) in [6, 6.07) is 12.6. The van der Waals surface area contributed by atoms with Crippen LogP contribution in [0.3, 0.4) is 0 Å². The van der Waals surface area contributed by atoms with Crippen molar-refractivity contribution in [3.63, 3.8) is 0 Å². The van der Waals surface area contributed by atoms with E-state index in [0.29, 0.717) is 25.1 Å². The van der Waals surface area contributed by atoms with E-state index in [4.69, 9.17) is 5.73 Å². The summed E-state index contributed by atoms with van der Waals surface area (Å²) in [7, 11) is 1.70. The minimum absolute atomic E-state index is 0.0201. The van der Waals surface area contributed by atoms with E-state index in [1.807, 2.05) is 30.3 Å². The highest BCUT2D eigenvalue weighted by Crippen LogP contribution is 2.24.